The Balaban J connectivity index is 1.37. The molecule has 2 aromatic heterocycles. The smallest absolute Gasteiger partial charge is 0.270 e. The first-order valence-electron chi connectivity index (χ1n) is 8.50. The summed E-state index contributed by atoms with van der Waals surface area (Å²) in [5.41, 5.74) is 0.787. The number of carbonyl (C=O) groups is 1. The van der Waals surface area contributed by atoms with Crippen LogP contribution in [-0.2, 0) is 0 Å². The van der Waals surface area contributed by atoms with Crippen molar-refractivity contribution in [2.45, 2.75) is 18.9 Å². The van der Waals surface area contributed by atoms with E-state index < -0.39 is 0 Å². The van der Waals surface area contributed by atoms with Crippen molar-refractivity contribution in [3.63, 3.8) is 0 Å². The van der Waals surface area contributed by atoms with Crippen LogP contribution < -0.4 is 10.2 Å². The first kappa shape index (κ1) is 17.2. The zero-order valence-electron chi connectivity index (χ0n) is 14.0. The van der Waals surface area contributed by atoms with Crippen LogP contribution in [0.5, 0.6) is 0 Å². The van der Waals surface area contributed by atoms with Crippen molar-refractivity contribution in [2.75, 3.05) is 18.0 Å². The summed E-state index contributed by atoms with van der Waals surface area (Å²) >= 11 is 3.03. The zero-order chi connectivity index (χ0) is 17.9. The molecule has 0 spiro atoms. The number of halogens is 1. The molecule has 0 radical (unpaired) electrons. The van der Waals surface area contributed by atoms with Gasteiger partial charge < -0.3 is 10.2 Å². The highest BCUT2D eigenvalue weighted by molar-refractivity contribution is 7.14. The van der Waals surface area contributed by atoms with Gasteiger partial charge in [0.25, 0.3) is 5.91 Å². The van der Waals surface area contributed by atoms with Crippen LogP contribution in [0.4, 0.5) is 9.39 Å². The molecular formula is C19H18FN3OS2. The molecule has 3 heterocycles. The molecule has 4 rings (SSSR count). The third kappa shape index (κ3) is 3.64. The average Bonchev–Trinajstić information content (AvgIpc) is 3.35. The van der Waals surface area contributed by atoms with Gasteiger partial charge in [-0.1, -0.05) is 12.1 Å². The molecule has 1 aliphatic heterocycles. The molecule has 1 N–H and O–H groups in total. The molecule has 0 atom stereocenters. The van der Waals surface area contributed by atoms with Gasteiger partial charge in [-0.05, 0) is 42.5 Å². The molecular weight excluding hydrogens is 369 g/mol. The minimum atomic E-state index is -0.324. The number of carbonyl (C=O) groups excluding carboxylic acids is 1. The second kappa shape index (κ2) is 7.55. The van der Waals surface area contributed by atoms with Crippen LogP contribution in [-0.4, -0.2) is 30.0 Å². The van der Waals surface area contributed by atoms with Gasteiger partial charge in [-0.15, -0.1) is 22.7 Å². The van der Waals surface area contributed by atoms with Gasteiger partial charge in [-0.2, -0.15) is 0 Å². The number of hydrogen-bond donors (Lipinski definition) is 1. The topological polar surface area (TPSA) is 45.2 Å². The predicted molar refractivity (Wildman–Crippen MR) is 105 cm³/mol. The van der Waals surface area contributed by atoms with Gasteiger partial charge in [-0.3, -0.25) is 4.79 Å². The number of thiophene rings is 1. The number of hydrogen-bond acceptors (Lipinski definition) is 5. The van der Waals surface area contributed by atoms with E-state index >= 15 is 0 Å². The molecule has 26 heavy (non-hydrogen) atoms. The van der Waals surface area contributed by atoms with Crippen LogP contribution in [0.2, 0.25) is 0 Å². The number of nitrogens with one attached hydrogen (secondary N) is 1. The molecule has 1 saturated heterocycles. The Hall–Kier alpha value is -2.25. The average molecular weight is 388 g/mol. The van der Waals surface area contributed by atoms with Gasteiger partial charge in [0.05, 0.1) is 5.00 Å². The van der Waals surface area contributed by atoms with E-state index in [0.29, 0.717) is 16.3 Å². The minimum Gasteiger partial charge on any atom is -0.363 e. The number of aromatic nitrogens is 1. The van der Waals surface area contributed by atoms with Crippen molar-refractivity contribution in [1.29, 1.82) is 0 Å². The Kier molecular flexibility index (Phi) is 4.99. The third-order valence-corrected chi connectivity index (χ3v) is 6.29. The summed E-state index contributed by atoms with van der Waals surface area (Å²) in [6.07, 6.45) is 1.82. The molecule has 1 aliphatic rings. The molecule has 1 aromatic carbocycles. The van der Waals surface area contributed by atoms with Crippen molar-refractivity contribution in [3.05, 3.63) is 58.7 Å². The van der Waals surface area contributed by atoms with E-state index in [9.17, 15) is 9.18 Å². The van der Waals surface area contributed by atoms with Crippen LogP contribution >= 0.6 is 22.7 Å². The highest BCUT2D eigenvalue weighted by Crippen LogP contribution is 2.27. The van der Waals surface area contributed by atoms with Crippen LogP contribution in [0.15, 0.2) is 47.2 Å². The number of amides is 1. The molecule has 0 bridgehead atoms. The maximum absolute atomic E-state index is 13.9. The Morgan fingerprint density at radius 1 is 1.15 bits per heavy atom. The van der Waals surface area contributed by atoms with Crippen LogP contribution in [0.1, 0.15) is 23.3 Å². The highest BCUT2D eigenvalue weighted by Gasteiger charge is 2.23. The van der Waals surface area contributed by atoms with Crippen molar-refractivity contribution in [2.24, 2.45) is 0 Å². The summed E-state index contributed by atoms with van der Waals surface area (Å²) in [5.74, 6) is -0.506. The van der Waals surface area contributed by atoms with E-state index in [1.54, 1.807) is 34.9 Å². The number of nitrogens with zero attached hydrogens (tertiary/aromatic N) is 2. The van der Waals surface area contributed by atoms with E-state index in [0.717, 1.165) is 25.9 Å². The van der Waals surface area contributed by atoms with Crippen molar-refractivity contribution < 1.29 is 9.18 Å². The summed E-state index contributed by atoms with van der Waals surface area (Å²) in [4.78, 5) is 19.2. The molecule has 0 saturated carbocycles. The number of rotatable bonds is 4. The third-order valence-electron chi connectivity index (χ3n) is 4.49. The molecule has 4 nitrogen and oxygen atoms in total. The SMILES string of the molecule is O=C(NC1CCN(c2cccs2)CC1)c1csc(-c2ccccc2F)n1. The lowest BCUT2D eigenvalue weighted by atomic mass is 10.1. The lowest BCUT2D eigenvalue weighted by Crippen LogP contribution is -2.44. The Bertz CT molecular complexity index is 886. The van der Waals surface area contributed by atoms with E-state index in [4.69, 9.17) is 0 Å². The highest BCUT2D eigenvalue weighted by atomic mass is 32.1. The molecule has 134 valence electrons. The van der Waals surface area contributed by atoms with Crippen molar-refractivity contribution in [3.8, 4) is 10.6 Å². The fourth-order valence-corrected chi connectivity index (χ4v) is 4.70. The van der Waals surface area contributed by atoms with Crippen LogP contribution in [0, 0.1) is 5.82 Å². The zero-order valence-corrected chi connectivity index (χ0v) is 15.7. The predicted octanol–water partition coefficient (Wildman–Crippen LogP) is 4.41. The van der Waals surface area contributed by atoms with Gasteiger partial charge in [0, 0.05) is 30.1 Å². The summed E-state index contributed by atoms with van der Waals surface area (Å²) in [7, 11) is 0. The monoisotopic (exact) mass is 387 g/mol. The Morgan fingerprint density at radius 2 is 1.96 bits per heavy atom. The van der Waals surface area contributed by atoms with Gasteiger partial charge in [0.2, 0.25) is 0 Å². The van der Waals surface area contributed by atoms with E-state index in [1.165, 1.54) is 22.4 Å². The Morgan fingerprint density at radius 3 is 2.69 bits per heavy atom. The van der Waals surface area contributed by atoms with Crippen LogP contribution in [0.3, 0.4) is 0 Å². The fraction of sp³-hybridized carbons (Fsp3) is 0.263. The first-order chi connectivity index (χ1) is 12.7. The van der Waals surface area contributed by atoms with Gasteiger partial charge >= 0.3 is 0 Å². The van der Waals surface area contributed by atoms with E-state index in [1.807, 2.05) is 0 Å². The molecule has 7 heteroatoms. The molecule has 3 aromatic rings. The maximum atomic E-state index is 13.9. The van der Waals surface area contributed by atoms with E-state index in [-0.39, 0.29) is 17.8 Å². The minimum absolute atomic E-state index is 0.150. The molecule has 0 aliphatic carbocycles. The largest absolute Gasteiger partial charge is 0.363 e. The number of anilines is 1. The normalized spacial score (nSPS) is 15.2. The van der Waals surface area contributed by atoms with Gasteiger partial charge in [0.15, 0.2) is 0 Å². The molecule has 1 fully saturated rings. The van der Waals surface area contributed by atoms with Crippen molar-refractivity contribution >= 4 is 33.6 Å². The number of thiazole rings is 1. The summed E-state index contributed by atoms with van der Waals surface area (Å²) in [6, 6.07) is 10.8. The standard InChI is InChI=1S/C19H18FN3OS2/c20-15-5-2-1-4-14(15)19-22-16(12-26-19)18(24)21-13-7-9-23(10-8-13)17-6-3-11-25-17/h1-6,11-13H,7-10H2,(H,21,24). The number of benzene rings is 1. The van der Waals surface area contributed by atoms with Crippen LogP contribution in [0.25, 0.3) is 10.6 Å². The van der Waals surface area contributed by atoms with E-state index in [2.05, 4.69) is 32.7 Å². The first-order valence-corrected chi connectivity index (χ1v) is 10.3. The van der Waals surface area contributed by atoms with Gasteiger partial charge in [-0.25, -0.2) is 9.37 Å². The lowest BCUT2D eigenvalue weighted by Gasteiger charge is -2.32. The second-order valence-corrected chi connectivity index (χ2v) is 7.99. The van der Waals surface area contributed by atoms with Gasteiger partial charge in [0.1, 0.15) is 16.5 Å². The van der Waals surface area contributed by atoms with Crippen molar-refractivity contribution in [1.82, 2.24) is 10.3 Å². The number of piperidine rings is 1. The lowest BCUT2D eigenvalue weighted by molar-refractivity contribution is 0.0927. The molecule has 0 unspecified atom stereocenters. The molecule has 1 amide bonds. The quantitative estimate of drug-likeness (QED) is 0.721. The summed E-state index contributed by atoms with van der Waals surface area (Å²) in [5, 5.41) is 8.65. The summed E-state index contributed by atoms with van der Waals surface area (Å²) in [6.45, 7) is 1.87. The second-order valence-electron chi connectivity index (χ2n) is 6.20. The fourth-order valence-electron chi connectivity index (χ4n) is 3.09. The Labute approximate surface area is 159 Å². The maximum Gasteiger partial charge on any atom is 0.270 e. The summed E-state index contributed by atoms with van der Waals surface area (Å²) < 4.78 is 13.9.